The molecule has 0 aliphatic rings. The van der Waals surface area contributed by atoms with Crippen molar-refractivity contribution in [1.29, 1.82) is 5.26 Å². The van der Waals surface area contributed by atoms with Crippen LogP contribution in [0.5, 0.6) is 0 Å². The van der Waals surface area contributed by atoms with Crippen LogP contribution in [0.3, 0.4) is 0 Å². The molecule has 0 bridgehead atoms. The smallest absolute Gasteiger partial charge is 0.136 e. The van der Waals surface area contributed by atoms with Gasteiger partial charge in [-0.3, -0.25) is 0 Å². The maximum absolute atomic E-state index is 8.96. The largest absolute Gasteiger partial charge is 0.464 e. The van der Waals surface area contributed by atoms with Crippen molar-refractivity contribution in [3.05, 3.63) is 46.1 Å². The summed E-state index contributed by atoms with van der Waals surface area (Å²) in [5, 5.41) is 9.81. The third-order valence-corrected chi connectivity index (χ3v) is 2.46. The molecule has 0 fully saturated rings. The summed E-state index contributed by atoms with van der Waals surface area (Å²) < 4.78 is 5.20. The van der Waals surface area contributed by atoms with Gasteiger partial charge in [0, 0.05) is 5.02 Å². The number of furan rings is 1. The molecule has 2 nitrogen and oxygen atoms in total. The Balaban J connectivity index is 2.71. The summed E-state index contributed by atoms with van der Waals surface area (Å²) in [7, 11) is 0. The van der Waals surface area contributed by atoms with Crippen molar-refractivity contribution >= 4 is 23.2 Å². The molecule has 0 N–H and O–H groups in total. The fraction of sp³-hybridized carbons (Fsp3) is 0. The zero-order valence-electron chi connectivity index (χ0n) is 7.50. The van der Waals surface area contributed by atoms with E-state index in [1.165, 1.54) is 6.26 Å². The van der Waals surface area contributed by atoms with Crippen LogP contribution in [-0.4, -0.2) is 0 Å². The van der Waals surface area contributed by atoms with E-state index >= 15 is 0 Å². The van der Waals surface area contributed by atoms with Crippen LogP contribution in [-0.2, 0) is 0 Å². The Morgan fingerprint density at radius 1 is 1.27 bits per heavy atom. The van der Waals surface area contributed by atoms with Crippen LogP contribution in [0.4, 0.5) is 0 Å². The Bertz CT molecular complexity index is 526. The predicted octanol–water partition coefficient (Wildman–Crippen LogP) is 4.13. The first-order valence-corrected chi connectivity index (χ1v) is 4.91. The van der Waals surface area contributed by atoms with Gasteiger partial charge < -0.3 is 4.42 Å². The highest BCUT2D eigenvalue weighted by Crippen LogP contribution is 2.33. The van der Waals surface area contributed by atoms with Crippen LogP contribution in [0.25, 0.3) is 11.3 Å². The molecule has 2 rings (SSSR count). The molecular formula is C11H5Cl2NO. The van der Waals surface area contributed by atoms with Gasteiger partial charge in [0.05, 0.1) is 28.5 Å². The molecule has 0 radical (unpaired) electrons. The van der Waals surface area contributed by atoms with E-state index in [1.54, 1.807) is 24.3 Å². The summed E-state index contributed by atoms with van der Waals surface area (Å²) in [5.74, 6) is 0.563. The second-order valence-electron chi connectivity index (χ2n) is 2.90. The lowest BCUT2D eigenvalue weighted by molar-refractivity contribution is 0.582. The third-order valence-electron chi connectivity index (χ3n) is 1.94. The molecule has 0 unspecified atom stereocenters. The van der Waals surface area contributed by atoms with E-state index in [0.29, 0.717) is 26.9 Å². The van der Waals surface area contributed by atoms with Gasteiger partial charge in [0.25, 0.3) is 0 Å². The van der Waals surface area contributed by atoms with Gasteiger partial charge in [-0.2, -0.15) is 5.26 Å². The van der Waals surface area contributed by atoms with Crippen molar-refractivity contribution in [2.24, 2.45) is 0 Å². The standard InChI is InChI=1S/C11H5Cl2NO/c12-8-4-7(6-14)11(9(13)5-8)10-2-1-3-15-10/h1-5H. The van der Waals surface area contributed by atoms with E-state index in [9.17, 15) is 0 Å². The molecular weight excluding hydrogens is 233 g/mol. The molecule has 74 valence electrons. The second kappa shape index (κ2) is 3.98. The summed E-state index contributed by atoms with van der Waals surface area (Å²) in [4.78, 5) is 0. The van der Waals surface area contributed by atoms with E-state index in [4.69, 9.17) is 32.9 Å². The molecule has 0 amide bonds. The minimum absolute atomic E-state index is 0.405. The molecule has 0 atom stereocenters. The topological polar surface area (TPSA) is 36.9 Å². The van der Waals surface area contributed by atoms with Gasteiger partial charge in [-0.15, -0.1) is 0 Å². The van der Waals surface area contributed by atoms with Crippen molar-refractivity contribution in [2.75, 3.05) is 0 Å². The minimum atomic E-state index is 0.405. The quantitative estimate of drug-likeness (QED) is 0.748. The fourth-order valence-corrected chi connectivity index (χ4v) is 1.92. The maximum atomic E-state index is 8.96. The summed E-state index contributed by atoms with van der Waals surface area (Å²) in [5.41, 5.74) is 0.982. The number of benzene rings is 1. The number of hydrogen-bond donors (Lipinski definition) is 0. The first-order valence-electron chi connectivity index (χ1n) is 4.15. The molecule has 0 aliphatic carbocycles. The van der Waals surface area contributed by atoms with Gasteiger partial charge >= 0.3 is 0 Å². The average molecular weight is 238 g/mol. The van der Waals surface area contributed by atoms with Crippen molar-refractivity contribution in [1.82, 2.24) is 0 Å². The molecule has 2 aromatic rings. The van der Waals surface area contributed by atoms with Gasteiger partial charge in [-0.1, -0.05) is 23.2 Å². The van der Waals surface area contributed by atoms with Gasteiger partial charge in [-0.25, -0.2) is 0 Å². The molecule has 1 heterocycles. The summed E-state index contributed by atoms with van der Waals surface area (Å²) >= 11 is 11.8. The van der Waals surface area contributed by atoms with E-state index < -0.39 is 0 Å². The summed E-state index contributed by atoms with van der Waals surface area (Å²) in [6, 6.07) is 8.67. The van der Waals surface area contributed by atoms with Crippen LogP contribution in [0.1, 0.15) is 5.56 Å². The highest BCUT2D eigenvalue weighted by molar-refractivity contribution is 6.36. The lowest BCUT2D eigenvalue weighted by atomic mass is 10.1. The van der Waals surface area contributed by atoms with E-state index in [2.05, 4.69) is 0 Å². The van der Waals surface area contributed by atoms with E-state index in [1.807, 2.05) is 6.07 Å². The molecule has 0 saturated heterocycles. The zero-order valence-corrected chi connectivity index (χ0v) is 9.01. The summed E-state index contributed by atoms with van der Waals surface area (Å²) in [6.07, 6.45) is 1.53. The normalized spacial score (nSPS) is 9.93. The Kier molecular flexibility index (Phi) is 2.68. The average Bonchev–Trinajstić information content (AvgIpc) is 2.69. The number of nitrogens with zero attached hydrogens (tertiary/aromatic N) is 1. The molecule has 1 aromatic carbocycles. The van der Waals surface area contributed by atoms with Gasteiger partial charge in [0.2, 0.25) is 0 Å². The SMILES string of the molecule is N#Cc1cc(Cl)cc(Cl)c1-c1ccco1. The highest BCUT2D eigenvalue weighted by Gasteiger charge is 2.13. The van der Waals surface area contributed by atoms with Crippen LogP contribution in [0.15, 0.2) is 34.9 Å². The van der Waals surface area contributed by atoms with Crippen LogP contribution < -0.4 is 0 Å². The lowest BCUT2D eigenvalue weighted by Crippen LogP contribution is -1.84. The monoisotopic (exact) mass is 237 g/mol. The van der Waals surface area contributed by atoms with Crippen molar-refractivity contribution < 1.29 is 4.42 Å². The fourth-order valence-electron chi connectivity index (χ4n) is 1.33. The van der Waals surface area contributed by atoms with Crippen LogP contribution in [0, 0.1) is 11.3 Å². The molecule has 0 aliphatic heterocycles. The Morgan fingerprint density at radius 3 is 2.67 bits per heavy atom. The molecule has 0 spiro atoms. The van der Waals surface area contributed by atoms with E-state index in [-0.39, 0.29) is 0 Å². The second-order valence-corrected chi connectivity index (χ2v) is 3.74. The molecule has 0 saturated carbocycles. The first kappa shape index (κ1) is 10.1. The number of halogens is 2. The molecule has 1 aromatic heterocycles. The number of rotatable bonds is 1. The zero-order chi connectivity index (χ0) is 10.8. The number of nitriles is 1. The third kappa shape index (κ3) is 1.85. The Morgan fingerprint density at radius 2 is 2.07 bits per heavy atom. The van der Waals surface area contributed by atoms with Crippen molar-refractivity contribution in [2.45, 2.75) is 0 Å². The maximum Gasteiger partial charge on any atom is 0.136 e. The molecule has 15 heavy (non-hydrogen) atoms. The summed E-state index contributed by atoms with van der Waals surface area (Å²) in [6.45, 7) is 0. The number of hydrogen-bond acceptors (Lipinski definition) is 2. The van der Waals surface area contributed by atoms with Gasteiger partial charge in [0.1, 0.15) is 5.76 Å². The van der Waals surface area contributed by atoms with Crippen LogP contribution >= 0.6 is 23.2 Å². The van der Waals surface area contributed by atoms with Crippen molar-refractivity contribution in [3.8, 4) is 17.4 Å². The van der Waals surface area contributed by atoms with E-state index in [0.717, 1.165) is 0 Å². The Hall–Kier alpha value is -1.43. The minimum Gasteiger partial charge on any atom is -0.464 e. The van der Waals surface area contributed by atoms with Gasteiger partial charge in [0.15, 0.2) is 0 Å². The van der Waals surface area contributed by atoms with Gasteiger partial charge in [-0.05, 0) is 24.3 Å². The van der Waals surface area contributed by atoms with Crippen molar-refractivity contribution in [3.63, 3.8) is 0 Å². The highest BCUT2D eigenvalue weighted by atomic mass is 35.5. The van der Waals surface area contributed by atoms with Crippen LogP contribution in [0.2, 0.25) is 10.0 Å². The lowest BCUT2D eigenvalue weighted by Gasteiger charge is -2.03. The molecule has 4 heteroatoms. The first-order chi connectivity index (χ1) is 7.22. The predicted molar refractivity (Wildman–Crippen MR) is 58.9 cm³/mol. The Labute approximate surface area is 96.6 Å².